The summed E-state index contributed by atoms with van der Waals surface area (Å²) in [4.78, 5) is 2.59. The Morgan fingerprint density at radius 1 is 1.33 bits per heavy atom. The van der Waals surface area contributed by atoms with Crippen LogP contribution >= 0.6 is 0 Å². The van der Waals surface area contributed by atoms with E-state index in [-0.39, 0.29) is 0 Å². The molecule has 0 aliphatic carbocycles. The van der Waals surface area contributed by atoms with E-state index in [0.717, 1.165) is 25.0 Å². The minimum atomic E-state index is 0.414. The van der Waals surface area contributed by atoms with Gasteiger partial charge in [-0.1, -0.05) is 6.92 Å². The normalized spacial score (nSPS) is 39.2. The standard InChI is InChI=1S/C12H24N2O/c1-10-6-13-7-12(10)9-14-4-3-5-15-11(2)8-14/h10-13H,3-9H2,1-2H3. The van der Waals surface area contributed by atoms with Gasteiger partial charge in [0.1, 0.15) is 0 Å². The van der Waals surface area contributed by atoms with Gasteiger partial charge < -0.3 is 15.0 Å². The van der Waals surface area contributed by atoms with Crippen LogP contribution in [0.25, 0.3) is 0 Å². The first-order chi connectivity index (χ1) is 7.25. The average Bonchev–Trinajstić information content (AvgIpc) is 2.48. The lowest BCUT2D eigenvalue weighted by molar-refractivity contribution is 0.0650. The molecule has 2 rings (SSSR count). The van der Waals surface area contributed by atoms with Gasteiger partial charge >= 0.3 is 0 Å². The van der Waals surface area contributed by atoms with Gasteiger partial charge in [-0.2, -0.15) is 0 Å². The van der Waals surface area contributed by atoms with Crippen LogP contribution in [-0.2, 0) is 4.74 Å². The third kappa shape index (κ3) is 3.16. The predicted molar refractivity (Wildman–Crippen MR) is 62.0 cm³/mol. The van der Waals surface area contributed by atoms with E-state index in [0.29, 0.717) is 6.10 Å². The molecular weight excluding hydrogens is 188 g/mol. The van der Waals surface area contributed by atoms with Gasteiger partial charge in [-0.3, -0.25) is 0 Å². The molecule has 3 nitrogen and oxygen atoms in total. The van der Waals surface area contributed by atoms with Crippen molar-refractivity contribution in [1.82, 2.24) is 10.2 Å². The summed E-state index contributed by atoms with van der Waals surface area (Å²) in [5.41, 5.74) is 0. The largest absolute Gasteiger partial charge is 0.377 e. The summed E-state index contributed by atoms with van der Waals surface area (Å²) in [6, 6.07) is 0. The van der Waals surface area contributed by atoms with Crippen LogP contribution in [-0.4, -0.2) is 50.3 Å². The summed E-state index contributed by atoms with van der Waals surface area (Å²) < 4.78 is 5.67. The predicted octanol–water partition coefficient (Wildman–Crippen LogP) is 0.953. The van der Waals surface area contributed by atoms with Crippen molar-refractivity contribution >= 4 is 0 Å². The second kappa shape index (κ2) is 5.28. The zero-order valence-electron chi connectivity index (χ0n) is 10.0. The topological polar surface area (TPSA) is 24.5 Å². The van der Waals surface area contributed by atoms with Gasteiger partial charge in [-0.25, -0.2) is 0 Å². The first-order valence-corrected chi connectivity index (χ1v) is 6.30. The first kappa shape index (κ1) is 11.4. The molecule has 3 unspecified atom stereocenters. The quantitative estimate of drug-likeness (QED) is 0.737. The summed E-state index contributed by atoms with van der Waals surface area (Å²) in [5, 5.41) is 3.48. The average molecular weight is 212 g/mol. The van der Waals surface area contributed by atoms with Crippen molar-refractivity contribution in [2.45, 2.75) is 26.4 Å². The molecule has 2 aliphatic rings. The number of ether oxygens (including phenoxy) is 1. The molecule has 2 aliphatic heterocycles. The molecule has 88 valence electrons. The fourth-order valence-electron chi connectivity index (χ4n) is 2.69. The zero-order valence-corrected chi connectivity index (χ0v) is 10.0. The summed E-state index contributed by atoms with van der Waals surface area (Å²) >= 11 is 0. The summed E-state index contributed by atoms with van der Waals surface area (Å²) in [7, 11) is 0. The second-order valence-electron chi connectivity index (χ2n) is 5.19. The van der Waals surface area contributed by atoms with Crippen LogP contribution in [0.4, 0.5) is 0 Å². The molecule has 0 aromatic rings. The van der Waals surface area contributed by atoms with Crippen LogP contribution in [0.5, 0.6) is 0 Å². The van der Waals surface area contributed by atoms with Gasteiger partial charge in [-0.05, 0) is 38.3 Å². The molecule has 1 N–H and O–H groups in total. The summed E-state index contributed by atoms with van der Waals surface area (Å²) in [6.45, 7) is 11.5. The second-order valence-corrected chi connectivity index (χ2v) is 5.19. The Morgan fingerprint density at radius 3 is 2.93 bits per heavy atom. The Kier molecular flexibility index (Phi) is 4.00. The Balaban J connectivity index is 1.81. The molecule has 3 atom stereocenters. The number of nitrogens with zero attached hydrogens (tertiary/aromatic N) is 1. The lowest BCUT2D eigenvalue weighted by Gasteiger charge is -2.26. The van der Waals surface area contributed by atoms with Crippen LogP contribution in [0.2, 0.25) is 0 Å². The third-order valence-corrected chi connectivity index (χ3v) is 3.71. The van der Waals surface area contributed by atoms with Gasteiger partial charge in [0.05, 0.1) is 6.10 Å². The van der Waals surface area contributed by atoms with Crippen molar-refractivity contribution < 1.29 is 4.74 Å². The van der Waals surface area contributed by atoms with Gasteiger partial charge in [-0.15, -0.1) is 0 Å². The molecule has 2 saturated heterocycles. The lowest BCUT2D eigenvalue weighted by Crippen LogP contribution is -2.36. The van der Waals surface area contributed by atoms with Crippen molar-refractivity contribution in [1.29, 1.82) is 0 Å². The van der Waals surface area contributed by atoms with Crippen LogP contribution in [0.1, 0.15) is 20.3 Å². The van der Waals surface area contributed by atoms with Crippen molar-refractivity contribution in [3.8, 4) is 0 Å². The minimum absolute atomic E-state index is 0.414. The zero-order chi connectivity index (χ0) is 10.7. The Hall–Kier alpha value is -0.120. The number of hydrogen-bond acceptors (Lipinski definition) is 3. The molecule has 0 aromatic heterocycles. The summed E-state index contributed by atoms with van der Waals surface area (Å²) in [6.07, 6.45) is 1.61. The molecule has 0 amide bonds. The van der Waals surface area contributed by atoms with E-state index in [4.69, 9.17) is 4.74 Å². The molecule has 0 saturated carbocycles. The number of rotatable bonds is 2. The van der Waals surface area contributed by atoms with Crippen LogP contribution in [0, 0.1) is 11.8 Å². The first-order valence-electron chi connectivity index (χ1n) is 6.30. The molecule has 2 heterocycles. The molecule has 0 spiro atoms. The highest BCUT2D eigenvalue weighted by atomic mass is 16.5. The molecule has 0 aromatic carbocycles. The highest BCUT2D eigenvalue weighted by molar-refractivity contribution is 4.81. The van der Waals surface area contributed by atoms with Crippen molar-refractivity contribution in [3.63, 3.8) is 0 Å². The lowest BCUT2D eigenvalue weighted by atomic mass is 9.97. The Morgan fingerprint density at radius 2 is 2.20 bits per heavy atom. The van der Waals surface area contributed by atoms with Gasteiger partial charge in [0.25, 0.3) is 0 Å². The number of hydrogen-bond donors (Lipinski definition) is 1. The third-order valence-electron chi connectivity index (χ3n) is 3.71. The van der Waals surface area contributed by atoms with E-state index in [1.165, 1.54) is 32.6 Å². The maximum absolute atomic E-state index is 5.67. The maximum Gasteiger partial charge on any atom is 0.0673 e. The van der Waals surface area contributed by atoms with E-state index >= 15 is 0 Å². The highest BCUT2D eigenvalue weighted by Crippen LogP contribution is 2.18. The Bertz CT molecular complexity index is 198. The monoisotopic (exact) mass is 212 g/mol. The molecule has 0 radical (unpaired) electrons. The molecule has 15 heavy (non-hydrogen) atoms. The fourth-order valence-corrected chi connectivity index (χ4v) is 2.69. The van der Waals surface area contributed by atoms with Crippen molar-refractivity contribution in [2.24, 2.45) is 11.8 Å². The van der Waals surface area contributed by atoms with Crippen LogP contribution in [0.3, 0.4) is 0 Å². The van der Waals surface area contributed by atoms with E-state index in [2.05, 4.69) is 24.1 Å². The smallest absolute Gasteiger partial charge is 0.0673 e. The van der Waals surface area contributed by atoms with Crippen LogP contribution in [0.15, 0.2) is 0 Å². The minimum Gasteiger partial charge on any atom is -0.377 e. The van der Waals surface area contributed by atoms with E-state index in [1.54, 1.807) is 0 Å². The van der Waals surface area contributed by atoms with Crippen LogP contribution < -0.4 is 5.32 Å². The molecule has 0 bridgehead atoms. The van der Waals surface area contributed by atoms with Gasteiger partial charge in [0.2, 0.25) is 0 Å². The van der Waals surface area contributed by atoms with Crippen molar-refractivity contribution in [2.75, 3.05) is 39.3 Å². The van der Waals surface area contributed by atoms with E-state index in [9.17, 15) is 0 Å². The van der Waals surface area contributed by atoms with Crippen molar-refractivity contribution in [3.05, 3.63) is 0 Å². The maximum atomic E-state index is 5.67. The molecule has 2 fully saturated rings. The van der Waals surface area contributed by atoms with Gasteiger partial charge in [0, 0.05) is 26.2 Å². The fraction of sp³-hybridized carbons (Fsp3) is 1.00. The number of nitrogens with one attached hydrogen (secondary N) is 1. The van der Waals surface area contributed by atoms with E-state index < -0.39 is 0 Å². The molecular formula is C12H24N2O. The van der Waals surface area contributed by atoms with E-state index in [1.807, 2.05) is 0 Å². The highest BCUT2D eigenvalue weighted by Gasteiger charge is 2.26. The molecule has 3 heteroatoms. The SMILES string of the molecule is CC1CN(CC2CNCC2C)CCCO1. The van der Waals surface area contributed by atoms with Gasteiger partial charge in [0.15, 0.2) is 0 Å². The Labute approximate surface area is 93.2 Å². The summed E-state index contributed by atoms with van der Waals surface area (Å²) in [5.74, 6) is 1.68.